The molecule has 2 aliphatic rings. The van der Waals surface area contributed by atoms with Gasteiger partial charge < -0.3 is 14.6 Å². The predicted octanol–water partition coefficient (Wildman–Crippen LogP) is 2.28. The fourth-order valence-corrected chi connectivity index (χ4v) is 4.72. The number of hydrogen-bond acceptors (Lipinski definition) is 5. The summed E-state index contributed by atoms with van der Waals surface area (Å²) in [7, 11) is 0. The van der Waals surface area contributed by atoms with E-state index in [0.29, 0.717) is 42.8 Å². The molecule has 0 bridgehead atoms. The third-order valence-corrected chi connectivity index (χ3v) is 6.41. The van der Waals surface area contributed by atoms with Crippen LogP contribution in [-0.2, 0) is 6.54 Å². The summed E-state index contributed by atoms with van der Waals surface area (Å²) in [4.78, 5) is 31.0. The second-order valence-corrected chi connectivity index (χ2v) is 8.32. The number of aromatic nitrogens is 2. The topological polar surface area (TPSA) is 108 Å². The molecule has 3 N–H and O–H groups in total. The molecule has 0 radical (unpaired) electrons. The van der Waals surface area contributed by atoms with Crippen molar-refractivity contribution in [2.24, 2.45) is 5.92 Å². The Kier molecular flexibility index (Phi) is 6.01. The number of nitrogens with zero attached hydrogens (tertiary/aromatic N) is 3. The number of aliphatic hydroxyl groups is 1. The normalized spacial score (nSPS) is 24.4. The quantitative estimate of drug-likeness (QED) is 0.510. The summed E-state index contributed by atoms with van der Waals surface area (Å²) in [5.41, 5.74) is 2.74. The molecule has 3 heterocycles. The van der Waals surface area contributed by atoms with E-state index in [1.54, 1.807) is 16.6 Å². The van der Waals surface area contributed by atoms with Crippen LogP contribution in [-0.4, -0.2) is 61.9 Å². The highest BCUT2D eigenvalue weighted by Crippen LogP contribution is 2.31. The van der Waals surface area contributed by atoms with Crippen molar-refractivity contribution in [2.45, 2.75) is 57.3 Å². The van der Waals surface area contributed by atoms with Gasteiger partial charge >= 0.3 is 0 Å². The van der Waals surface area contributed by atoms with Gasteiger partial charge in [0.2, 0.25) is 0 Å². The van der Waals surface area contributed by atoms with E-state index in [9.17, 15) is 19.1 Å². The van der Waals surface area contributed by atoms with E-state index in [1.807, 2.05) is 4.57 Å². The molecule has 1 aliphatic carbocycles. The summed E-state index contributed by atoms with van der Waals surface area (Å²) in [5, 5.41) is 19.1. The van der Waals surface area contributed by atoms with Crippen LogP contribution >= 0.6 is 0 Å². The maximum atomic E-state index is 13.5. The van der Waals surface area contributed by atoms with Crippen LogP contribution in [0.15, 0.2) is 18.5 Å². The molecule has 4 rings (SSSR count). The first-order valence-electron chi connectivity index (χ1n) is 10.5. The van der Waals surface area contributed by atoms with E-state index in [-0.39, 0.29) is 24.2 Å². The second kappa shape index (κ2) is 8.69. The number of pyridine rings is 1. The van der Waals surface area contributed by atoms with Crippen LogP contribution in [0.5, 0.6) is 0 Å². The van der Waals surface area contributed by atoms with Crippen LogP contribution < -0.4 is 5.48 Å². The van der Waals surface area contributed by atoms with Gasteiger partial charge in [-0.2, -0.15) is 0 Å². The Balaban J connectivity index is 1.71. The fourth-order valence-electron chi connectivity index (χ4n) is 4.72. The summed E-state index contributed by atoms with van der Waals surface area (Å²) in [6, 6.07) is 1.30. The van der Waals surface area contributed by atoms with Crippen LogP contribution in [0.25, 0.3) is 10.9 Å². The lowest BCUT2D eigenvalue weighted by atomic mass is 9.88. The minimum atomic E-state index is -0.751. The van der Waals surface area contributed by atoms with E-state index >= 15 is 0 Å². The Labute approximate surface area is 173 Å². The first-order valence-corrected chi connectivity index (χ1v) is 10.5. The van der Waals surface area contributed by atoms with Gasteiger partial charge in [-0.3, -0.25) is 14.8 Å². The largest absolute Gasteiger partial charge is 0.394 e. The van der Waals surface area contributed by atoms with Crippen molar-refractivity contribution in [3.63, 3.8) is 0 Å². The Morgan fingerprint density at radius 1 is 1.23 bits per heavy atom. The number of carbonyl (C=O) groups is 2. The molecular weight excluding hydrogens is 391 g/mol. The molecule has 0 spiro atoms. The first-order chi connectivity index (χ1) is 14.5. The molecule has 8 nitrogen and oxygen atoms in total. The first kappa shape index (κ1) is 20.7. The molecule has 0 aromatic carbocycles. The van der Waals surface area contributed by atoms with Crippen LogP contribution in [0.4, 0.5) is 4.39 Å². The molecule has 1 aliphatic heterocycles. The van der Waals surface area contributed by atoms with Gasteiger partial charge in [0.1, 0.15) is 11.9 Å². The van der Waals surface area contributed by atoms with Crippen molar-refractivity contribution in [1.82, 2.24) is 19.9 Å². The number of halogens is 1. The molecule has 30 heavy (non-hydrogen) atoms. The van der Waals surface area contributed by atoms with E-state index < -0.39 is 12.1 Å². The van der Waals surface area contributed by atoms with Gasteiger partial charge in [-0.25, -0.2) is 14.9 Å². The average Bonchev–Trinajstić information content (AvgIpc) is 3.39. The lowest BCUT2D eigenvalue weighted by Crippen LogP contribution is -2.37. The van der Waals surface area contributed by atoms with E-state index in [1.165, 1.54) is 12.3 Å². The molecule has 2 aromatic heterocycles. The number of fused-ring (bicyclic) bond motifs is 1. The number of nitrogens with one attached hydrogen (secondary N) is 1. The Morgan fingerprint density at radius 2 is 2.00 bits per heavy atom. The van der Waals surface area contributed by atoms with Gasteiger partial charge in [0, 0.05) is 24.7 Å². The van der Waals surface area contributed by atoms with Crippen molar-refractivity contribution in [1.29, 1.82) is 0 Å². The summed E-state index contributed by atoms with van der Waals surface area (Å²) >= 11 is 0. The van der Waals surface area contributed by atoms with Gasteiger partial charge in [-0.15, -0.1) is 0 Å². The Bertz CT molecular complexity index is 938. The number of hydrogen-bond donors (Lipinski definition) is 3. The van der Waals surface area contributed by atoms with Crippen LogP contribution in [0.3, 0.4) is 0 Å². The lowest BCUT2D eigenvalue weighted by Gasteiger charge is -2.25. The molecule has 1 saturated carbocycles. The molecule has 1 atom stereocenters. The highest BCUT2D eigenvalue weighted by molar-refractivity contribution is 6.08. The summed E-state index contributed by atoms with van der Waals surface area (Å²) in [5.74, 6) is -0.629. The van der Waals surface area contributed by atoms with Gasteiger partial charge in [0.25, 0.3) is 11.8 Å². The number of alkyl halides is 1. The Morgan fingerprint density at radius 3 is 2.70 bits per heavy atom. The number of likely N-dealkylation sites (tertiary alicyclic amines) is 1. The van der Waals surface area contributed by atoms with Crippen LogP contribution in [0.2, 0.25) is 0 Å². The molecule has 2 aromatic rings. The van der Waals surface area contributed by atoms with Crippen molar-refractivity contribution < 1.29 is 24.3 Å². The third-order valence-electron chi connectivity index (χ3n) is 6.41. The van der Waals surface area contributed by atoms with Crippen molar-refractivity contribution >= 4 is 22.7 Å². The van der Waals surface area contributed by atoms with Gasteiger partial charge in [0.15, 0.2) is 0 Å². The van der Waals surface area contributed by atoms with E-state index in [0.717, 1.165) is 31.2 Å². The third kappa shape index (κ3) is 3.91. The smallest absolute Gasteiger partial charge is 0.293 e. The molecule has 0 unspecified atom stereocenters. The van der Waals surface area contributed by atoms with Crippen LogP contribution in [0.1, 0.15) is 59.4 Å². The fraction of sp³-hybridized carbons (Fsp3) is 0.571. The predicted molar refractivity (Wildman–Crippen MR) is 107 cm³/mol. The number of hydroxylamine groups is 1. The Hall–Kier alpha value is -2.52. The molecule has 2 fully saturated rings. The van der Waals surface area contributed by atoms with Crippen molar-refractivity contribution in [2.75, 3.05) is 13.2 Å². The van der Waals surface area contributed by atoms with E-state index in [2.05, 4.69) is 4.98 Å². The molecule has 1 saturated heterocycles. The van der Waals surface area contributed by atoms with Crippen LogP contribution in [0, 0.1) is 5.92 Å². The average molecular weight is 418 g/mol. The summed E-state index contributed by atoms with van der Waals surface area (Å²) < 4.78 is 15.5. The number of carbonyl (C=O) groups excluding carboxylic acids is 2. The monoisotopic (exact) mass is 418 g/mol. The molecule has 9 heteroatoms. The maximum absolute atomic E-state index is 13.5. The molecule has 2 amide bonds. The van der Waals surface area contributed by atoms with Gasteiger partial charge in [-0.05, 0) is 50.5 Å². The minimum Gasteiger partial charge on any atom is -0.394 e. The van der Waals surface area contributed by atoms with Crippen molar-refractivity contribution in [3.05, 3.63) is 29.7 Å². The van der Waals surface area contributed by atoms with Gasteiger partial charge in [0.05, 0.1) is 29.9 Å². The number of rotatable bonds is 5. The standard InChI is InChI=1S/C21H27FN4O4/c22-14-5-3-13(4-6-14)10-25-11-17(21(29)26-7-1-2-15(26)12-27)16-8-18(20(28)24-30)23-9-19(16)25/h8-9,11,13-15,27,30H,1-7,10,12H2,(H,24,28)/t13?,14?,15-/m0/s1. The molecular formula is C21H27FN4O4. The lowest BCUT2D eigenvalue weighted by molar-refractivity contribution is 0.0677. The SMILES string of the molecule is O=C(NO)c1cc2c(C(=O)N3CCC[C@H]3CO)cn(CC3CCC(F)CC3)c2cn1. The highest BCUT2D eigenvalue weighted by Gasteiger charge is 2.31. The van der Waals surface area contributed by atoms with E-state index in [4.69, 9.17) is 5.21 Å². The number of amides is 2. The zero-order valence-electron chi connectivity index (χ0n) is 16.8. The summed E-state index contributed by atoms with van der Waals surface area (Å²) in [6.45, 7) is 1.13. The maximum Gasteiger partial charge on any atom is 0.293 e. The zero-order valence-corrected chi connectivity index (χ0v) is 16.8. The highest BCUT2D eigenvalue weighted by atomic mass is 19.1. The zero-order chi connectivity index (χ0) is 21.3. The van der Waals surface area contributed by atoms with Gasteiger partial charge in [-0.1, -0.05) is 0 Å². The number of aliphatic hydroxyl groups excluding tert-OH is 1. The van der Waals surface area contributed by atoms with Crippen molar-refractivity contribution in [3.8, 4) is 0 Å². The minimum absolute atomic E-state index is 0.00914. The summed E-state index contributed by atoms with van der Waals surface area (Å²) in [6.07, 6.45) is 6.87. The second-order valence-electron chi connectivity index (χ2n) is 8.32. The molecule has 162 valence electrons.